The minimum absolute atomic E-state index is 0.235. The molecule has 0 saturated carbocycles. The zero-order valence-electron chi connectivity index (χ0n) is 20.5. The van der Waals surface area contributed by atoms with Crippen molar-refractivity contribution < 1.29 is 23.9 Å². The second-order valence-corrected chi connectivity index (χ2v) is 10.6. The van der Waals surface area contributed by atoms with Crippen LogP contribution in [0.2, 0.25) is 0 Å². The van der Waals surface area contributed by atoms with Gasteiger partial charge in [0.2, 0.25) is 5.91 Å². The summed E-state index contributed by atoms with van der Waals surface area (Å²) in [4.78, 5) is 39.0. The number of benzene rings is 3. The molecule has 7 nitrogen and oxygen atoms in total. The van der Waals surface area contributed by atoms with Crippen molar-refractivity contribution in [3.63, 3.8) is 0 Å². The van der Waals surface area contributed by atoms with Crippen LogP contribution < -0.4 is 14.8 Å². The van der Waals surface area contributed by atoms with Gasteiger partial charge in [-0.05, 0) is 89.7 Å². The highest BCUT2D eigenvalue weighted by molar-refractivity contribution is 14.1. The molecule has 3 aromatic carbocycles. The van der Waals surface area contributed by atoms with Gasteiger partial charge in [-0.1, -0.05) is 47.5 Å². The van der Waals surface area contributed by atoms with E-state index in [0.29, 0.717) is 29.4 Å². The Morgan fingerprint density at radius 3 is 2.32 bits per heavy atom. The molecule has 1 N–H and O–H groups in total. The van der Waals surface area contributed by atoms with Gasteiger partial charge in [-0.3, -0.25) is 19.3 Å². The molecule has 1 heterocycles. The van der Waals surface area contributed by atoms with E-state index in [1.807, 2.05) is 56.3 Å². The van der Waals surface area contributed by atoms with Crippen molar-refractivity contribution in [2.75, 3.05) is 19.0 Å². The largest absolute Gasteiger partial charge is 0.493 e. The van der Waals surface area contributed by atoms with Gasteiger partial charge in [0.25, 0.3) is 11.1 Å². The topological polar surface area (TPSA) is 84.9 Å². The van der Waals surface area contributed by atoms with Gasteiger partial charge in [-0.15, -0.1) is 0 Å². The molecule has 1 saturated heterocycles. The van der Waals surface area contributed by atoms with E-state index in [4.69, 9.17) is 9.47 Å². The fourth-order valence-corrected chi connectivity index (χ4v) is 5.19. The molecule has 0 spiro atoms. The molecule has 4 rings (SSSR count). The van der Waals surface area contributed by atoms with Crippen molar-refractivity contribution in [3.05, 3.63) is 91.4 Å². The summed E-state index contributed by atoms with van der Waals surface area (Å²) >= 11 is 2.96. The molecule has 190 valence electrons. The van der Waals surface area contributed by atoms with E-state index in [-0.39, 0.29) is 11.4 Å². The Bertz CT molecular complexity index is 1370. The summed E-state index contributed by atoms with van der Waals surface area (Å²) in [6.45, 7) is 4.00. The number of rotatable bonds is 8. The Morgan fingerprint density at radius 1 is 1.03 bits per heavy atom. The van der Waals surface area contributed by atoms with Crippen LogP contribution in [-0.2, 0) is 16.2 Å². The monoisotopic (exact) mass is 628 g/mol. The number of carbonyl (C=O) groups excluding carboxylic acids is 3. The summed E-state index contributed by atoms with van der Waals surface area (Å²) < 4.78 is 12.4. The number of aryl methyl sites for hydroxylation is 2. The second-order valence-electron chi connectivity index (χ2n) is 8.49. The number of methoxy groups -OCH3 is 1. The molecule has 37 heavy (non-hydrogen) atoms. The van der Waals surface area contributed by atoms with Crippen LogP contribution in [0, 0.1) is 17.4 Å². The van der Waals surface area contributed by atoms with Gasteiger partial charge in [0, 0.05) is 5.69 Å². The Hall–Kier alpha value is -3.31. The smallest absolute Gasteiger partial charge is 0.294 e. The predicted octanol–water partition coefficient (Wildman–Crippen LogP) is 6.17. The molecule has 3 amide bonds. The van der Waals surface area contributed by atoms with Crippen molar-refractivity contribution in [1.82, 2.24) is 4.90 Å². The molecule has 1 aliphatic rings. The van der Waals surface area contributed by atoms with Crippen molar-refractivity contribution >= 4 is 63.2 Å². The van der Waals surface area contributed by atoms with E-state index in [0.717, 1.165) is 31.4 Å². The van der Waals surface area contributed by atoms with E-state index < -0.39 is 17.1 Å². The molecule has 0 radical (unpaired) electrons. The highest BCUT2D eigenvalue weighted by Gasteiger charge is 2.36. The number of hydrogen-bond donors (Lipinski definition) is 1. The van der Waals surface area contributed by atoms with Crippen LogP contribution in [0.3, 0.4) is 0 Å². The van der Waals surface area contributed by atoms with Gasteiger partial charge in [0.1, 0.15) is 13.2 Å². The van der Waals surface area contributed by atoms with Gasteiger partial charge < -0.3 is 14.8 Å². The quantitative estimate of drug-likeness (QED) is 0.237. The normalized spacial score (nSPS) is 14.3. The molecular formula is C28H25IN2O5S. The number of halogens is 1. The number of nitrogens with zero attached hydrogens (tertiary/aromatic N) is 1. The lowest BCUT2D eigenvalue weighted by Crippen LogP contribution is -2.36. The van der Waals surface area contributed by atoms with Crippen molar-refractivity contribution in [1.29, 1.82) is 0 Å². The predicted molar refractivity (Wildman–Crippen MR) is 154 cm³/mol. The van der Waals surface area contributed by atoms with Crippen LogP contribution in [0.5, 0.6) is 11.5 Å². The fourth-order valence-electron chi connectivity index (χ4n) is 3.57. The highest BCUT2D eigenvalue weighted by atomic mass is 127. The van der Waals surface area contributed by atoms with Crippen LogP contribution in [-0.4, -0.2) is 35.6 Å². The number of ether oxygens (including phenoxy) is 2. The number of anilines is 1. The van der Waals surface area contributed by atoms with E-state index in [1.165, 1.54) is 5.56 Å². The SMILES string of the molecule is COc1cc(/C=C2\SC(=O)N(CC(=O)Nc3ccc(C)cc3)C2=O)cc(I)c1OCc1ccc(C)cc1. The zero-order valence-corrected chi connectivity index (χ0v) is 23.5. The Kier molecular flexibility index (Phi) is 8.55. The molecular weight excluding hydrogens is 603 g/mol. The van der Waals surface area contributed by atoms with Crippen LogP contribution >= 0.6 is 34.4 Å². The molecule has 0 aromatic heterocycles. The molecule has 0 aliphatic carbocycles. The minimum atomic E-state index is -0.511. The van der Waals surface area contributed by atoms with Gasteiger partial charge in [-0.2, -0.15) is 0 Å². The standard InChI is InChI=1S/C28H25IN2O5S/c1-17-4-8-19(9-5-17)16-36-26-22(29)12-20(13-23(26)35-3)14-24-27(33)31(28(34)37-24)15-25(32)30-21-10-6-18(2)7-11-21/h4-14H,15-16H2,1-3H3,(H,30,32)/b24-14-. The average molecular weight is 628 g/mol. The first-order chi connectivity index (χ1) is 17.7. The summed E-state index contributed by atoms with van der Waals surface area (Å²) in [6.07, 6.45) is 1.62. The first kappa shape index (κ1) is 26.7. The lowest BCUT2D eigenvalue weighted by Gasteiger charge is -2.14. The summed E-state index contributed by atoms with van der Waals surface area (Å²) in [5, 5.41) is 2.22. The zero-order chi connectivity index (χ0) is 26.5. The number of hydrogen-bond acceptors (Lipinski definition) is 6. The first-order valence-electron chi connectivity index (χ1n) is 11.4. The molecule has 0 atom stereocenters. The van der Waals surface area contributed by atoms with E-state index in [9.17, 15) is 14.4 Å². The summed E-state index contributed by atoms with van der Waals surface area (Å²) in [5.74, 6) is 0.157. The lowest BCUT2D eigenvalue weighted by atomic mass is 10.1. The van der Waals surface area contributed by atoms with Gasteiger partial charge in [-0.25, -0.2) is 0 Å². The van der Waals surface area contributed by atoms with E-state index >= 15 is 0 Å². The maximum Gasteiger partial charge on any atom is 0.294 e. The third-order valence-electron chi connectivity index (χ3n) is 5.56. The van der Waals surface area contributed by atoms with Gasteiger partial charge >= 0.3 is 0 Å². The van der Waals surface area contributed by atoms with E-state index in [1.54, 1.807) is 31.4 Å². The van der Waals surface area contributed by atoms with Crippen molar-refractivity contribution in [2.24, 2.45) is 0 Å². The van der Waals surface area contributed by atoms with Crippen LogP contribution in [0.4, 0.5) is 10.5 Å². The minimum Gasteiger partial charge on any atom is -0.493 e. The third kappa shape index (κ3) is 6.72. The lowest BCUT2D eigenvalue weighted by molar-refractivity contribution is -0.127. The molecule has 0 bridgehead atoms. The maximum atomic E-state index is 12.9. The van der Waals surface area contributed by atoms with Gasteiger partial charge in [0.05, 0.1) is 15.6 Å². The number of carbonyl (C=O) groups is 3. The number of nitrogens with one attached hydrogen (secondary N) is 1. The number of imide groups is 1. The van der Waals surface area contributed by atoms with E-state index in [2.05, 4.69) is 27.9 Å². The van der Waals surface area contributed by atoms with Crippen LogP contribution in [0.15, 0.2) is 65.6 Å². The number of thioether (sulfide) groups is 1. The summed E-state index contributed by atoms with van der Waals surface area (Å²) in [6, 6.07) is 19.0. The Labute approximate surface area is 233 Å². The molecule has 0 unspecified atom stereocenters. The second kappa shape index (κ2) is 11.8. The first-order valence-corrected chi connectivity index (χ1v) is 13.3. The molecule has 9 heteroatoms. The highest BCUT2D eigenvalue weighted by Crippen LogP contribution is 2.37. The fraction of sp³-hybridized carbons (Fsp3) is 0.179. The molecule has 1 aliphatic heterocycles. The Morgan fingerprint density at radius 2 is 1.68 bits per heavy atom. The average Bonchev–Trinajstić information content (AvgIpc) is 3.12. The molecule has 3 aromatic rings. The van der Waals surface area contributed by atoms with Gasteiger partial charge in [0.15, 0.2) is 11.5 Å². The van der Waals surface area contributed by atoms with Crippen LogP contribution in [0.1, 0.15) is 22.3 Å². The summed E-state index contributed by atoms with van der Waals surface area (Å²) in [7, 11) is 1.55. The molecule has 1 fully saturated rings. The van der Waals surface area contributed by atoms with Crippen molar-refractivity contribution in [2.45, 2.75) is 20.5 Å². The van der Waals surface area contributed by atoms with Crippen molar-refractivity contribution in [3.8, 4) is 11.5 Å². The Balaban J connectivity index is 1.46. The van der Waals surface area contributed by atoms with Crippen LogP contribution in [0.25, 0.3) is 6.08 Å². The third-order valence-corrected chi connectivity index (χ3v) is 7.27. The maximum absolute atomic E-state index is 12.9. The summed E-state index contributed by atoms with van der Waals surface area (Å²) in [5.41, 5.74) is 4.55. The number of amides is 3.